The quantitative estimate of drug-likeness (QED) is 0.156. The summed E-state index contributed by atoms with van der Waals surface area (Å²) in [6.45, 7) is 10.1. The van der Waals surface area contributed by atoms with Crippen molar-refractivity contribution in [1.82, 2.24) is 19.0 Å². The van der Waals surface area contributed by atoms with Crippen molar-refractivity contribution < 1.29 is 19.1 Å². The molecule has 1 aliphatic heterocycles. The standard InChI is InChI=1S/C37H41N5O4/c1-9-24(17-30(43)46-8)42-34(35(44)25-18-40(6)28-15-20(2)13-22(4)31(25)28)33-27(11-10-12-38-33)39-37(42)36(45)26-19-41(7)29-16-21(3)14-23(5)32(26)29/h10-16,18-19,24,34,37,39H,9,17H2,1-8H3/t24-,34?,37?/m1/s1. The van der Waals surface area contributed by atoms with Crippen molar-refractivity contribution in [2.75, 3.05) is 12.4 Å². The monoisotopic (exact) mass is 619 g/mol. The first-order chi connectivity index (χ1) is 21.9. The molecule has 0 radical (unpaired) electrons. The number of methoxy groups -OCH3 is 1. The van der Waals surface area contributed by atoms with Gasteiger partial charge in [0, 0.05) is 71.7 Å². The summed E-state index contributed by atoms with van der Waals surface area (Å²) in [5.74, 6) is -0.772. The highest BCUT2D eigenvalue weighted by atomic mass is 16.5. The van der Waals surface area contributed by atoms with E-state index in [1.165, 1.54) is 7.11 Å². The maximum Gasteiger partial charge on any atom is 0.307 e. The summed E-state index contributed by atoms with van der Waals surface area (Å²) in [4.78, 5) is 49.4. The van der Waals surface area contributed by atoms with Crippen LogP contribution in [0.3, 0.4) is 0 Å². The fraction of sp³-hybridized carbons (Fsp3) is 0.351. The van der Waals surface area contributed by atoms with Crippen LogP contribution in [0.25, 0.3) is 21.8 Å². The van der Waals surface area contributed by atoms with Crippen LogP contribution in [-0.4, -0.2) is 55.9 Å². The molecule has 2 unspecified atom stereocenters. The van der Waals surface area contributed by atoms with Crippen LogP contribution in [-0.2, 0) is 23.6 Å². The van der Waals surface area contributed by atoms with Gasteiger partial charge in [0.2, 0.25) is 5.78 Å². The van der Waals surface area contributed by atoms with E-state index in [2.05, 4.69) is 29.6 Å². The second-order valence-corrected chi connectivity index (χ2v) is 12.7. The minimum Gasteiger partial charge on any atom is -0.469 e. The van der Waals surface area contributed by atoms with E-state index < -0.39 is 24.2 Å². The summed E-state index contributed by atoms with van der Waals surface area (Å²) in [6, 6.07) is 10.5. The molecule has 0 amide bonds. The number of nitrogens with one attached hydrogen (secondary N) is 1. The number of aryl methyl sites for hydroxylation is 6. The number of hydrogen-bond acceptors (Lipinski definition) is 7. The number of aromatic nitrogens is 3. The summed E-state index contributed by atoms with van der Waals surface area (Å²) in [5.41, 5.74) is 8.37. The minimum atomic E-state index is -0.954. The van der Waals surface area contributed by atoms with E-state index in [4.69, 9.17) is 9.72 Å². The van der Waals surface area contributed by atoms with Crippen LogP contribution in [0, 0.1) is 27.7 Å². The van der Waals surface area contributed by atoms with E-state index in [0.29, 0.717) is 28.9 Å². The number of carbonyl (C=O) groups is 3. The number of esters is 1. The maximum atomic E-state index is 15.1. The van der Waals surface area contributed by atoms with Crippen LogP contribution < -0.4 is 5.32 Å². The molecule has 238 valence electrons. The molecule has 0 bridgehead atoms. The third-order valence-corrected chi connectivity index (χ3v) is 9.40. The van der Waals surface area contributed by atoms with Gasteiger partial charge in [-0.3, -0.25) is 24.3 Å². The third kappa shape index (κ3) is 5.08. The lowest BCUT2D eigenvalue weighted by Crippen LogP contribution is -2.58. The van der Waals surface area contributed by atoms with Gasteiger partial charge >= 0.3 is 5.97 Å². The Hall–Kier alpha value is -4.76. The molecule has 0 aliphatic carbocycles. The Labute approximate surface area is 269 Å². The maximum absolute atomic E-state index is 15.1. The molecule has 2 aromatic carbocycles. The highest BCUT2D eigenvalue weighted by Crippen LogP contribution is 2.41. The molecule has 0 saturated carbocycles. The molecule has 0 spiro atoms. The fourth-order valence-electron chi connectivity index (χ4n) is 7.36. The van der Waals surface area contributed by atoms with Crippen molar-refractivity contribution in [1.29, 1.82) is 0 Å². The summed E-state index contributed by atoms with van der Waals surface area (Å²) < 4.78 is 9.05. The van der Waals surface area contributed by atoms with Crippen molar-refractivity contribution in [2.24, 2.45) is 14.1 Å². The highest BCUT2D eigenvalue weighted by molar-refractivity contribution is 6.15. The Bertz CT molecular complexity index is 2040. The van der Waals surface area contributed by atoms with Crippen molar-refractivity contribution in [3.05, 3.63) is 94.1 Å². The summed E-state index contributed by atoms with van der Waals surface area (Å²) in [5, 5.41) is 5.20. The van der Waals surface area contributed by atoms with Gasteiger partial charge in [0.1, 0.15) is 12.2 Å². The number of rotatable bonds is 8. The molecule has 3 aromatic heterocycles. The van der Waals surface area contributed by atoms with Crippen LogP contribution in [0.4, 0.5) is 5.69 Å². The average Bonchev–Trinajstić information content (AvgIpc) is 3.54. The Morgan fingerprint density at radius 3 is 2.00 bits per heavy atom. The number of carbonyl (C=O) groups excluding carboxylic acids is 3. The van der Waals surface area contributed by atoms with Crippen molar-refractivity contribution in [2.45, 2.75) is 65.7 Å². The van der Waals surface area contributed by atoms with Gasteiger partial charge in [0.05, 0.1) is 24.9 Å². The van der Waals surface area contributed by atoms with E-state index >= 15 is 4.79 Å². The molecule has 0 saturated heterocycles. The number of Topliss-reactive ketones (excluding diaryl/α,β-unsaturated/α-hetero) is 2. The molecule has 1 N–H and O–H groups in total. The highest BCUT2D eigenvalue weighted by Gasteiger charge is 2.47. The molecule has 0 fully saturated rings. The lowest BCUT2D eigenvalue weighted by molar-refractivity contribution is -0.142. The first-order valence-electron chi connectivity index (χ1n) is 15.7. The van der Waals surface area contributed by atoms with Gasteiger partial charge in [-0.05, 0) is 80.6 Å². The van der Waals surface area contributed by atoms with Crippen LogP contribution in [0.2, 0.25) is 0 Å². The third-order valence-electron chi connectivity index (χ3n) is 9.40. The lowest BCUT2D eigenvalue weighted by Gasteiger charge is -2.45. The zero-order chi connectivity index (χ0) is 33.0. The Morgan fingerprint density at radius 2 is 1.46 bits per heavy atom. The van der Waals surface area contributed by atoms with Crippen LogP contribution in [0.1, 0.15) is 74.5 Å². The molecule has 1 aliphatic rings. The first kappa shape index (κ1) is 31.2. The fourth-order valence-corrected chi connectivity index (χ4v) is 7.36. The number of fused-ring (bicyclic) bond motifs is 3. The number of anilines is 1. The lowest BCUT2D eigenvalue weighted by atomic mass is 9.89. The Kier molecular flexibility index (Phi) is 8.06. The molecule has 6 rings (SSSR count). The molecule has 9 nitrogen and oxygen atoms in total. The zero-order valence-electron chi connectivity index (χ0n) is 27.8. The van der Waals surface area contributed by atoms with E-state index in [-0.39, 0.29) is 18.0 Å². The normalized spacial score (nSPS) is 17.1. The first-order valence-corrected chi connectivity index (χ1v) is 15.7. The van der Waals surface area contributed by atoms with Crippen molar-refractivity contribution >= 4 is 45.0 Å². The van der Waals surface area contributed by atoms with E-state index in [9.17, 15) is 9.59 Å². The van der Waals surface area contributed by atoms with Gasteiger partial charge in [-0.15, -0.1) is 0 Å². The summed E-state index contributed by atoms with van der Waals surface area (Å²) in [7, 11) is 5.23. The molecule has 4 heterocycles. The molecule has 3 atom stereocenters. The minimum absolute atomic E-state index is 0.00588. The topological polar surface area (TPSA) is 98.5 Å². The van der Waals surface area contributed by atoms with Crippen LogP contribution >= 0.6 is 0 Å². The van der Waals surface area contributed by atoms with E-state index in [0.717, 1.165) is 44.1 Å². The largest absolute Gasteiger partial charge is 0.469 e. The van der Waals surface area contributed by atoms with Crippen LogP contribution in [0.15, 0.2) is 55.0 Å². The molecule has 5 aromatic rings. The van der Waals surface area contributed by atoms with Gasteiger partial charge < -0.3 is 19.2 Å². The second kappa shape index (κ2) is 11.9. The predicted molar refractivity (Wildman–Crippen MR) is 180 cm³/mol. The number of ether oxygens (including phenoxy) is 1. The second-order valence-electron chi connectivity index (χ2n) is 12.7. The average molecular weight is 620 g/mol. The van der Waals surface area contributed by atoms with E-state index in [1.54, 1.807) is 12.3 Å². The summed E-state index contributed by atoms with van der Waals surface area (Å²) >= 11 is 0. The number of benzene rings is 2. The van der Waals surface area contributed by atoms with E-state index in [1.807, 2.05) is 81.2 Å². The number of hydrogen-bond donors (Lipinski definition) is 1. The summed E-state index contributed by atoms with van der Waals surface area (Å²) in [6.07, 6.45) is 4.95. The Balaban J connectivity index is 1.58. The number of pyridine rings is 1. The molecule has 9 heteroatoms. The number of nitrogens with zero attached hydrogens (tertiary/aromatic N) is 4. The van der Waals surface area contributed by atoms with Crippen molar-refractivity contribution in [3.8, 4) is 0 Å². The molecular weight excluding hydrogens is 578 g/mol. The van der Waals surface area contributed by atoms with Gasteiger partial charge in [-0.1, -0.05) is 19.1 Å². The smallest absolute Gasteiger partial charge is 0.307 e. The Morgan fingerprint density at radius 1 is 0.891 bits per heavy atom. The van der Waals surface area contributed by atoms with Crippen molar-refractivity contribution in [3.63, 3.8) is 0 Å². The van der Waals surface area contributed by atoms with Crippen LogP contribution in [0.5, 0.6) is 0 Å². The van der Waals surface area contributed by atoms with Gasteiger partial charge in [0.15, 0.2) is 5.78 Å². The SMILES string of the molecule is CC[C@H](CC(=O)OC)N1C(C(=O)c2cn(C)c3cc(C)cc(C)c23)Nc2cccnc2C1C(=O)c1cn(C)c2cc(C)cc(C)c12. The number of ketones is 2. The molecule has 46 heavy (non-hydrogen) atoms. The van der Waals surface area contributed by atoms with Gasteiger partial charge in [-0.25, -0.2) is 0 Å². The predicted octanol–water partition coefficient (Wildman–Crippen LogP) is 6.50. The van der Waals surface area contributed by atoms with Gasteiger partial charge in [-0.2, -0.15) is 0 Å². The zero-order valence-corrected chi connectivity index (χ0v) is 27.8. The van der Waals surface area contributed by atoms with Gasteiger partial charge in [0.25, 0.3) is 0 Å². The molecular formula is C37H41N5O4.